The van der Waals surface area contributed by atoms with Crippen LogP contribution in [0.2, 0.25) is 0 Å². The van der Waals surface area contributed by atoms with Crippen molar-refractivity contribution in [2.45, 2.75) is 20.3 Å². The Balaban J connectivity index is 1.92. The minimum absolute atomic E-state index is 0.0716. The van der Waals surface area contributed by atoms with Crippen molar-refractivity contribution >= 4 is 28.9 Å². The Morgan fingerprint density at radius 2 is 1.60 bits per heavy atom. The van der Waals surface area contributed by atoms with E-state index in [-0.39, 0.29) is 18.4 Å². The van der Waals surface area contributed by atoms with Crippen LogP contribution in [0.4, 0.5) is 17.1 Å². The molecule has 0 saturated heterocycles. The Labute approximate surface area is 147 Å². The Bertz CT molecular complexity index is 731. The Morgan fingerprint density at radius 1 is 0.920 bits per heavy atom. The van der Waals surface area contributed by atoms with E-state index in [4.69, 9.17) is 4.74 Å². The van der Waals surface area contributed by atoms with Crippen molar-refractivity contribution in [3.63, 3.8) is 0 Å². The van der Waals surface area contributed by atoms with Gasteiger partial charge in [-0.3, -0.25) is 9.59 Å². The first kappa shape index (κ1) is 18.3. The SMILES string of the molecule is CCOc1ccccc1NCC(=O)Nc1cccc(NC(=O)CC)c1. The fraction of sp³-hybridized carbons (Fsp3) is 0.263. The lowest BCUT2D eigenvalue weighted by atomic mass is 10.2. The third-order valence-corrected chi connectivity index (χ3v) is 3.38. The highest BCUT2D eigenvalue weighted by atomic mass is 16.5. The first-order valence-electron chi connectivity index (χ1n) is 8.27. The molecular formula is C19H23N3O3. The van der Waals surface area contributed by atoms with Crippen molar-refractivity contribution in [2.24, 2.45) is 0 Å². The predicted molar refractivity (Wildman–Crippen MR) is 100 cm³/mol. The number of ether oxygens (including phenoxy) is 1. The highest BCUT2D eigenvalue weighted by Gasteiger charge is 2.07. The van der Waals surface area contributed by atoms with Gasteiger partial charge in [0.05, 0.1) is 18.8 Å². The molecule has 0 spiro atoms. The minimum Gasteiger partial charge on any atom is -0.492 e. The fourth-order valence-corrected chi connectivity index (χ4v) is 2.20. The maximum atomic E-state index is 12.1. The van der Waals surface area contributed by atoms with Crippen LogP contribution in [0.5, 0.6) is 5.75 Å². The molecule has 0 bridgehead atoms. The molecule has 0 aromatic heterocycles. The van der Waals surface area contributed by atoms with Crippen LogP contribution in [0.15, 0.2) is 48.5 Å². The average Bonchev–Trinajstić information content (AvgIpc) is 2.61. The second kappa shape index (κ2) is 9.32. The lowest BCUT2D eigenvalue weighted by Crippen LogP contribution is -2.22. The second-order valence-electron chi connectivity index (χ2n) is 5.31. The number of rotatable bonds is 8. The van der Waals surface area contributed by atoms with Crippen molar-refractivity contribution in [3.8, 4) is 5.75 Å². The van der Waals surface area contributed by atoms with Crippen LogP contribution in [-0.2, 0) is 9.59 Å². The molecule has 3 N–H and O–H groups in total. The third-order valence-electron chi connectivity index (χ3n) is 3.38. The Kier molecular flexibility index (Phi) is 6.83. The van der Waals surface area contributed by atoms with Gasteiger partial charge in [-0.25, -0.2) is 0 Å². The van der Waals surface area contributed by atoms with Gasteiger partial charge >= 0.3 is 0 Å². The normalized spacial score (nSPS) is 10.0. The smallest absolute Gasteiger partial charge is 0.243 e. The van der Waals surface area contributed by atoms with E-state index in [2.05, 4.69) is 16.0 Å². The van der Waals surface area contributed by atoms with Crippen LogP contribution in [0.3, 0.4) is 0 Å². The van der Waals surface area contributed by atoms with Gasteiger partial charge in [-0.1, -0.05) is 25.1 Å². The third kappa shape index (κ3) is 5.84. The molecule has 0 atom stereocenters. The minimum atomic E-state index is -0.190. The highest BCUT2D eigenvalue weighted by Crippen LogP contribution is 2.23. The average molecular weight is 341 g/mol. The zero-order valence-corrected chi connectivity index (χ0v) is 14.5. The van der Waals surface area contributed by atoms with Gasteiger partial charge in [0.2, 0.25) is 11.8 Å². The van der Waals surface area contributed by atoms with Crippen molar-refractivity contribution in [3.05, 3.63) is 48.5 Å². The number of anilines is 3. The summed E-state index contributed by atoms with van der Waals surface area (Å²) in [6, 6.07) is 14.5. The maximum Gasteiger partial charge on any atom is 0.243 e. The summed E-state index contributed by atoms with van der Waals surface area (Å²) < 4.78 is 5.52. The van der Waals surface area contributed by atoms with Gasteiger partial charge in [-0.05, 0) is 37.3 Å². The lowest BCUT2D eigenvalue weighted by molar-refractivity contribution is -0.116. The van der Waals surface area contributed by atoms with Gasteiger partial charge in [-0.15, -0.1) is 0 Å². The summed E-state index contributed by atoms with van der Waals surface area (Å²) in [5.41, 5.74) is 2.04. The molecule has 2 rings (SSSR count). The topological polar surface area (TPSA) is 79.5 Å². The summed E-state index contributed by atoms with van der Waals surface area (Å²) >= 11 is 0. The van der Waals surface area contributed by atoms with Crippen molar-refractivity contribution in [1.29, 1.82) is 0 Å². The number of hydrogen-bond donors (Lipinski definition) is 3. The number of nitrogens with one attached hydrogen (secondary N) is 3. The van der Waals surface area contributed by atoms with E-state index in [1.165, 1.54) is 0 Å². The molecule has 0 heterocycles. The number of carbonyl (C=O) groups excluding carboxylic acids is 2. The Morgan fingerprint density at radius 3 is 2.28 bits per heavy atom. The summed E-state index contributed by atoms with van der Waals surface area (Å²) in [7, 11) is 0. The molecule has 132 valence electrons. The standard InChI is InChI=1S/C19H23N3O3/c1-3-18(23)21-14-8-7-9-15(12-14)22-19(24)13-20-16-10-5-6-11-17(16)25-4-2/h5-12,20H,3-4,13H2,1-2H3,(H,21,23)(H,22,24). The molecule has 0 aliphatic heterocycles. The first-order chi connectivity index (χ1) is 12.1. The summed E-state index contributed by atoms with van der Waals surface area (Å²) in [5, 5.41) is 8.63. The van der Waals surface area contributed by atoms with Gasteiger partial charge < -0.3 is 20.7 Å². The van der Waals surface area contributed by atoms with Gasteiger partial charge in [0, 0.05) is 17.8 Å². The van der Waals surface area contributed by atoms with Crippen LogP contribution in [-0.4, -0.2) is 25.0 Å². The van der Waals surface area contributed by atoms with Crippen LogP contribution in [0, 0.1) is 0 Å². The molecule has 0 saturated carbocycles. The zero-order chi connectivity index (χ0) is 18.1. The maximum absolute atomic E-state index is 12.1. The van der Waals surface area contributed by atoms with E-state index in [1.54, 1.807) is 31.2 Å². The number of amides is 2. The molecule has 25 heavy (non-hydrogen) atoms. The predicted octanol–water partition coefficient (Wildman–Crippen LogP) is 3.48. The van der Waals surface area contributed by atoms with Crippen LogP contribution in [0.1, 0.15) is 20.3 Å². The summed E-state index contributed by atoms with van der Waals surface area (Å²) in [5.74, 6) is 0.449. The molecular weight excluding hydrogens is 318 g/mol. The monoisotopic (exact) mass is 341 g/mol. The second-order valence-corrected chi connectivity index (χ2v) is 5.31. The van der Waals surface area contributed by atoms with E-state index < -0.39 is 0 Å². The van der Waals surface area contributed by atoms with Crippen molar-refractivity contribution in [1.82, 2.24) is 0 Å². The van der Waals surface area contributed by atoms with E-state index in [0.29, 0.717) is 30.2 Å². The zero-order valence-electron chi connectivity index (χ0n) is 14.5. The van der Waals surface area contributed by atoms with Crippen molar-refractivity contribution in [2.75, 3.05) is 29.1 Å². The van der Waals surface area contributed by atoms with Gasteiger partial charge in [0.25, 0.3) is 0 Å². The van der Waals surface area contributed by atoms with Gasteiger partial charge in [0.15, 0.2) is 0 Å². The molecule has 2 aromatic carbocycles. The van der Waals surface area contributed by atoms with Gasteiger partial charge in [0.1, 0.15) is 5.75 Å². The molecule has 2 aromatic rings. The van der Waals surface area contributed by atoms with E-state index in [9.17, 15) is 9.59 Å². The van der Waals surface area contributed by atoms with Crippen LogP contribution < -0.4 is 20.7 Å². The molecule has 2 amide bonds. The number of carbonyl (C=O) groups is 2. The first-order valence-corrected chi connectivity index (χ1v) is 8.27. The molecule has 0 fully saturated rings. The number of benzene rings is 2. The summed E-state index contributed by atoms with van der Waals surface area (Å²) in [6.45, 7) is 4.36. The molecule has 6 nitrogen and oxygen atoms in total. The summed E-state index contributed by atoms with van der Waals surface area (Å²) in [4.78, 5) is 23.6. The van der Waals surface area contributed by atoms with Gasteiger partial charge in [-0.2, -0.15) is 0 Å². The number of hydrogen-bond acceptors (Lipinski definition) is 4. The van der Waals surface area contributed by atoms with Crippen molar-refractivity contribution < 1.29 is 14.3 Å². The van der Waals surface area contributed by atoms with E-state index in [1.807, 2.05) is 31.2 Å². The van der Waals surface area contributed by atoms with E-state index in [0.717, 1.165) is 5.69 Å². The number of para-hydroxylation sites is 2. The molecule has 0 aliphatic carbocycles. The largest absolute Gasteiger partial charge is 0.492 e. The Hall–Kier alpha value is -3.02. The fourth-order valence-electron chi connectivity index (χ4n) is 2.20. The quantitative estimate of drug-likeness (QED) is 0.687. The van der Waals surface area contributed by atoms with Crippen LogP contribution >= 0.6 is 0 Å². The lowest BCUT2D eigenvalue weighted by Gasteiger charge is -2.12. The summed E-state index contributed by atoms with van der Waals surface area (Å²) in [6.07, 6.45) is 0.403. The molecule has 0 unspecified atom stereocenters. The molecule has 0 radical (unpaired) electrons. The van der Waals surface area contributed by atoms with E-state index >= 15 is 0 Å². The van der Waals surface area contributed by atoms with Crippen LogP contribution in [0.25, 0.3) is 0 Å². The molecule has 6 heteroatoms. The highest BCUT2D eigenvalue weighted by molar-refractivity contribution is 5.95. The molecule has 0 aliphatic rings.